The van der Waals surface area contributed by atoms with E-state index in [0.717, 1.165) is 40.1 Å². The summed E-state index contributed by atoms with van der Waals surface area (Å²) in [5.74, 6) is 1.13. The molecule has 0 saturated heterocycles. The molecule has 0 N–H and O–H groups in total. The molecule has 1 unspecified atom stereocenters. The Hall–Kier alpha value is -9.63. The van der Waals surface area contributed by atoms with Gasteiger partial charge in [-0.3, -0.25) is 4.57 Å². The van der Waals surface area contributed by atoms with Crippen LogP contribution in [0, 0.1) is 0 Å². The second-order valence-corrected chi connectivity index (χ2v) is 20.1. The van der Waals surface area contributed by atoms with Gasteiger partial charge >= 0.3 is 0 Å². The molecule has 75 heavy (non-hydrogen) atoms. The normalized spacial score (nSPS) is 13.4. The zero-order valence-electron chi connectivity index (χ0n) is 41.2. The molecule has 1 aromatic heterocycles. The van der Waals surface area contributed by atoms with Crippen LogP contribution in [0.5, 0.6) is 0 Å². The second kappa shape index (κ2) is 17.5. The van der Waals surface area contributed by atoms with E-state index in [1.807, 2.05) is 0 Å². The molecule has 0 amide bonds. The SMILES string of the molecule is C1=c2ccccc2=CC(c2c3ccccc3c(-c3ccc4ccccc4c3)c3cc(-c4c5ccccc5c(-c5cccc(-c6nc7ccccc7n6-c6ccc(-c7ccccc7)cc6)c5)c5ccccc45)ccc23)C1. The van der Waals surface area contributed by atoms with Crippen molar-refractivity contribution < 1.29 is 0 Å². The molecule has 0 saturated carbocycles. The van der Waals surface area contributed by atoms with Crippen molar-refractivity contribution >= 4 is 77.0 Å². The van der Waals surface area contributed by atoms with Gasteiger partial charge in [0.05, 0.1) is 11.0 Å². The Labute approximate surface area is 435 Å². The minimum Gasteiger partial charge on any atom is -0.292 e. The van der Waals surface area contributed by atoms with Gasteiger partial charge in [-0.05, 0) is 163 Å². The van der Waals surface area contributed by atoms with Crippen molar-refractivity contribution in [1.29, 1.82) is 0 Å². The van der Waals surface area contributed by atoms with Crippen LogP contribution in [-0.4, -0.2) is 9.55 Å². The summed E-state index contributed by atoms with van der Waals surface area (Å²) in [4.78, 5) is 5.35. The van der Waals surface area contributed by atoms with Gasteiger partial charge in [0.15, 0.2) is 0 Å². The first-order valence-electron chi connectivity index (χ1n) is 26.1. The van der Waals surface area contributed by atoms with Crippen LogP contribution >= 0.6 is 0 Å². The lowest BCUT2D eigenvalue weighted by atomic mass is 9.79. The smallest absolute Gasteiger partial charge is 0.145 e. The third kappa shape index (κ3) is 7.13. The van der Waals surface area contributed by atoms with Crippen LogP contribution in [-0.2, 0) is 0 Å². The van der Waals surface area contributed by atoms with Crippen LogP contribution < -0.4 is 10.4 Å². The van der Waals surface area contributed by atoms with E-state index in [0.29, 0.717) is 0 Å². The van der Waals surface area contributed by atoms with E-state index < -0.39 is 0 Å². The van der Waals surface area contributed by atoms with Crippen molar-refractivity contribution in [3.8, 4) is 61.6 Å². The molecule has 350 valence electrons. The maximum absolute atomic E-state index is 5.35. The van der Waals surface area contributed by atoms with Crippen molar-refractivity contribution in [1.82, 2.24) is 9.55 Å². The summed E-state index contributed by atoms with van der Waals surface area (Å²) in [5, 5.41) is 15.1. The molecule has 2 heteroatoms. The Balaban J connectivity index is 0.941. The van der Waals surface area contributed by atoms with Crippen LogP contribution in [0.25, 0.3) is 139 Å². The fraction of sp³-hybridized carbons (Fsp3) is 0.0274. The lowest BCUT2D eigenvalue weighted by molar-refractivity contribution is 0.940. The molecule has 0 bridgehead atoms. The number of benzene rings is 13. The molecule has 13 aromatic carbocycles. The maximum Gasteiger partial charge on any atom is 0.145 e. The third-order valence-electron chi connectivity index (χ3n) is 15.9. The average Bonchev–Trinajstić information content (AvgIpc) is 3.88. The molecule has 14 aromatic rings. The van der Waals surface area contributed by atoms with Crippen LogP contribution in [0.4, 0.5) is 0 Å². The number of fused-ring (bicyclic) bond motifs is 7. The van der Waals surface area contributed by atoms with Crippen LogP contribution in [0.15, 0.2) is 261 Å². The Morgan fingerprint density at radius 3 is 1.59 bits per heavy atom. The molecule has 0 spiro atoms. The fourth-order valence-electron chi connectivity index (χ4n) is 12.5. The zero-order valence-corrected chi connectivity index (χ0v) is 41.2. The Kier molecular flexibility index (Phi) is 10.1. The van der Waals surface area contributed by atoms with Gasteiger partial charge in [0.1, 0.15) is 5.82 Å². The zero-order chi connectivity index (χ0) is 49.4. The summed E-state index contributed by atoms with van der Waals surface area (Å²) in [6.07, 6.45) is 5.89. The Bertz CT molecular complexity index is 4680. The van der Waals surface area contributed by atoms with E-state index in [1.54, 1.807) is 0 Å². The number of nitrogens with zero attached hydrogens (tertiary/aromatic N) is 2. The van der Waals surface area contributed by atoms with E-state index in [2.05, 4.69) is 278 Å². The van der Waals surface area contributed by atoms with Gasteiger partial charge in [0.2, 0.25) is 0 Å². The number of hydrogen-bond acceptors (Lipinski definition) is 1. The average molecular weight is 953 g/mol. The molecule has 1 atom stereocenters. The first kappa shape index (κ1) is 43.0. The standard InChI is InChI=1S/C73H48N2/c1-2-17-47(18-3-1)50-37-40-58(41-38-50)75-68-32-15-14-31-67(68)74-73(75)57-24-16-23-53(45-57)69-59-25-8-10-27-61(59)71(62-28-11-9-26-60(62)69)56-39-42-65-66(46-56)72(55-36-34-49-20-5-7-22-52(49)44-55)64-30-13-12-29-63(64)70(65)54-35-33-48-19-4-6-21-51(48)43-54/h1-34,36-46,54H,35H2. The highest BCUT2D eigenvalue weighted by Crippen LogP contribution is 2.49. The second-order valence-electron chi connectivity index (χ2n) is 20.1. The van der Waals surface area contributed by atoms with Crippen molar-refractivity contribution in [3.05, 3.63) is 277 Å². The quantitative estimate of drug-likeness (QED) is 0.146. The molecule has 1 aliphatic rings. The van der Waals surface area contributed by atoms with Gasteiger partial charge in [-0.2, -0.15) is 0 Å². The number of hydrogen-bond donors (Lipinski definition) is 0. The monoisotopic (exact) mass is 952 g/mol. The van der Waals surface area contributed by atoms with E-state index in [1.165, 1.54) is 109 Å². The molecule has 0 fully saturated rings. The number of aromatic nitrogens is 2. The first-order valence-corrected chi connectivity index (χ1v) is 26.1. The predicted octanol–water partition coefficient (Wildman–Crippen LogP) is 17.9. The highest BCUT2D eigenvalue weighted by molar-refractivity contribution is 6.23. The predicted molar refractivity (Wildman–Crippen MR) is 318 cm³/mol. The lowest BCUT2D eigenvalue weighted by Crippen LogP contribution is -2.27. The molecule has 0 aliphatic heterocycles. The van der Waals surface area contributed by atoms with Crippen LogP contribution in [0.3, 0.4) is 0 Å². The number of para-hydroxylation sites is 2. The lowest BCUT2D eigenvalue weighted by Gasteiger charge is -2.24. The molecular weight excluding hydrogens is 905 g/mol. The Morgan fingerprint density at radius 1 is 0.333 bits per heavy atom. The van der Waals surface area contributed by atoms with Gasteiger partial charge in [-0.25, -0.2) is 4.98 Å². The van der Waals surface area contributed by atoms with Gasteiger partial charge in [0, 0.05) is 17.2 Å². The van der Waals surface area contributed by atoms with Crippen LogP contribution in [0.2, 0.25) is 0 Å². The highest BCUT2D eigenvalue weighted by Gasteiger charge is 2.24. The summed E-state index contributed by atoms with van der Waals surface area (Å²) in [5.41, 5.74) is 15.3. The van der Waals surface area contributed by atoms with Crippen molar-refractivity contribution in [2.24, 2.45) is 0 Å². The van der Waals surface area contributed by atoms with E-state index in [9.17, 15) is 0 Å². The summed E-state index contributed by atoms with van der Waals surface area (Å²) < 4.78 is 2.31. The molecular formula is C73H48N2. The fourth-order valence-corrected chi connectivity index (χ4v) is 12.5. The molecule has 1 aliphatic carbocycles. The molecule has 0 radical (unpaired) electrons. The van der Waals surface area contributed by atoms with Gasteiger partial charge in [-0.15, -0.1) is 0 Å². The van der Waals surface area contributed by atoms with Crippen molar-refractivity contribution in [3.63, 3.8) is 0 Å². The first-order chi connectivity index (χ1) is 37.2. The molecule has 15 rings (SSSR count). The number of rotatable bonds is 7. The van der Waals surface area contributed by atoms with E-state index in [4.69, 9.17) is 4.98 Å². The topological polar surface area (TPSA) is 17.8 Å². The Morgan fingerprint density at radius 2 is 0.840 bits per heavy atom. The largest absolute Gasteiger partial charge is 0.292 e. The minimum absolute atomic E-state index is 0.220. The number of imidazole rings is 1. The third-order valence-corrected chi connectivity index (χ3v) is 15.9. The van der Waals surface area contributed by atoms with Gasteiger partial charge in [0.25, 0.3) is 0 Å². The summed E-state index contributed by atoms with van der Waals surface area (Å²) in [6, 6.07) is 96.1. The van der Waals surface area contributed by atoms with E-state index in [-0.39, 0.29) is 5.92 Å². The molecule has 1 heterocycles. The van der Waals surface area contributed by atoms with Gasteiger partial charge < -0.3 is 0 Å². The summed E-state index contributed by atoms with van der Waals surface area (Å²) >= 11 is 0. The highest BCUT2D eigenvalue weighted by atomic mass is 15.1. The molecule has 2 nitrogen and oxygen atoms in total. The van der Waals surface area contributed by atoms with Gasteiger partial charge in [-0.1, -0.05) is 231 Å². The van der Waals surface area contributed by atoms with Crippen molar-refractivity contribution in [2.75, 3.05) is 0 Å². The maximum atomic E-state index is 5.35. The van der Waals surface area contributed by atoms with E-state index >= 15 is 0 Å². The minimum atomic E-state index is 0.220. The summed E-state index contributed by atoms with van der Waals surface area (Å²) in [6.45, 7) is 0. The van der Waals surface area contributed by atoms with Crippen LogP contribution in [0.1, 0.15) is 17.9 Å². The van der Waals surface area contributed by atoms with Crippen molar-refractivity contribution in [2.45, 2.75) is 12.3 Å². The summed E-state index contributed by atoms with van der Waals surface area (Å²) in [7, 11) is 0.